The Bertz CT molecular complexity index is 361. The highest BCUT2D eigenvalue weighted by Crippen LogP contribution is 2.19. The van der Waals surface area contributed by atoms with E-state index < -0.39 is 0 Å². The maximum absolute atomic E-state index is 5.53. The average Bonchev–Trinajstić information content (AvgIpc) is 2.33. The smallest absolute Gasteiger partial charge is 0.0811 e. The number of aromatic nitrogens is 1. The highest BCUT2D eigenvalue weighted by molar-refractivity contribution is 7.17. The minimum atomic E-state index is 0. The van der Waals surface area contributed by atoms with Crippen molar-refractivity contribution < 1.29 is 0 Å². The molecule has 2 rings (SSSR count). The van der Waals surface area contributed by atoms with E-state index in [0.717, 1.165) is 15.9 Å². The third-order valence-corrected chi connectivity index (χ3v) is 2.18. The van der Waals surface area contributed by atoms with E-state index in [2.05, 4.69) is 4.98 Å². The molecule has 0 unspecified atom stereocenters. The molecule has 0 bridgehead atoms. The third-order valence-electron chi connectivity index (χ3n) is 1.32. The van der Waals surface area contributed by atoms with Crippen LogP contribution < -0.4 is 5.73 Å². The quantitative estimate of drug-likeness (QED) is 0.745. The van der Waals surface area contributed by atoms with Crippen LogP contribution in [0.5, 0.6) is 0 Å². The van der Waals surface area contributed by atoms with Gasteiger partial charge in [0.2, 0.25) is 0 Å². The van der Waals surface area contributed by atoms with Crippen LogP contribution in [0.25, 0.3) is 10.2 Å². The molecule has 66 valence electrons. The van der Waals surface area contributed by atoms with Crippen LogP contribution in [0.3, 0.4) is 0 Å². The zero-order valence-corrected chi connectivity index (χ0v) is 8.51. The van der Waals surface area contributed by atoms with E-state index in [1.807, 2.05) is 17.5 Å². The van der Waals surface area contributed by atoms with Crippen molar-refractivity contribution in [3.8, 4) is 0 Å². The third kappa shape index (κ3) is 2.00. The molecule has 2 nitrogen and oxygen atoms in total. The van der Waals surface area contributed by atoms with Crippen molar-refractivity contribution in [2.24, 2.45) is 0 Å². The van der Waals surface area contributed by atoms with Crippen molar-refractivity contribution in [3.05, 3.63) is 23.7 Å². The van der Waals surface area contributed by atoms with Gasteiger partial charge in [0, 0.05) is 0 Å². The molecule has 0 aliphatic heterocycles. The topological polar surface area (TPSA) is 38.9 Å². The van der Waals surface area contributed by atoms with Crippen LogP contribution in [0.2, 0.25) is 0 Å². The molecule has 0 fully saturated rings. The number of anilines is 1. The van der Waals surface area contributed by atoms with E-state index >= 15 is 0 Å². The predicted molar refractivity (Wildman–Crippen MR) is 58.5 cm³/mol. The first-order valence-corrected chi connectivity index (χ1v) is 3.83. The van der Waals surface area contributed by atoms with E-state index in [0.29, 0.717) is 0 Å². The Hall–Kier alpha value is -0.510. The van der Waals surface area contributed by atoms with Gasteiger partial charge in [-0.15, -0.1) is 36.2 Å². The van der Waals surface area contributed by atoms with Crippen molar-refractivity contribution >= 4 is 52.1 Å². The second kappa shape index (κ2) is 4.50. The Balaban J connectivity index is 0.000000605. The van der Waals surface area contributed by atoms with E-state index in [1.54, 1.807) is 17.5 Å². The summed E-state index contributed by atoms with van der Waals surface area (Å²) in [6.07, 6.45) is 1.68. The van der Waals surface area contributed by atoms with Crippen molar-refractivity contribution in [1.82, 2.24) is 4.98 Å². The molecule has 12 heavy (non-hydrogen) atoms. The summed E-state index contributed by atoms with van der Waals surface area (Å²) in [4.78, 5) is 4.13. The molecule has 0 atom stereocenters. The molecule has 0 radical (unpaired) electrons. The Morgan fingerprint density at radius 3 is 2.83 bits per heavy atom. The van der Waals surface area contributed by atoms with Crippen LogP contribution >= 0.6 is 36.2 Å². The van der Waals surface area contributed by atoms with Gasteiger partial charge in [-0.3, -0.25) is 4.98 Å². The predicted octanol–water partition coefficient (Wildman–Crippen LogP) is 2.72. The highest BCUT2D eigenvalue weighted by atomic mass is 35.5. The lowest BCUT2D eigenvalue weighted by molar-refractivity contribution is 1.43. The Morgan fingerprint density at radius 2 is 2.08 bits per heavy atom. The molecule has 0 amide bonds. The molecule has 5 heteroatoms. The number of hydrogen-bond donors (Lipinski definition) is 1. The SMILES string of the molecule is Cl.Cl.Nc1cnc2ccsc2c1. The van der Waals surface area contributed by atoms with Gasteiger partial charge in [0.25, 0.3) is 0 Å². The molecule has 2 aromatic rings. The summed E-state index contributed by atoms with van der Waals surface area (Å²) >= 11 is 1.66. The first-order chi connectivity index (χ1) is 4.86. The van der Waals surface area contributed by atoms with Gasteiger partial charge >= 0.3 is 0 Å². The van der Waals surface area contributed by atoms with Crippen LogP contribution in [0.15, 0.2) is 23.7 Å². The van der Waals surface area contributed by atoms with Crippen LogP contribution in [0.1, 0.15) is 0 Å². The largest absolute Gasteiger partial charge is 0.397 e. The molecule has 0 aliphatic carbocycles. The number of fused-ring (bicyclic) bond motifs is 1. The number of nitrogens with zero attached hydrogens (tertiary/aromatic N) is 1. The zero-order valence-electron chi connectivity index (χ0n) is 6.06. The molecule has 0 aliphatic rings. The van der Waals surface area contributed by atoms with Crippen LogP contribution in [0.4, 0.5) is 5.69 Å². The van der Waals surface area contributed by atoms with Gasteiger partial charge in [-0.05, 0) is 17.5 Å². The standard InChI is InChI=1S/C7H6N2S.2ClH/c8-5-3-7-6(9-4-5)1-2-10-7;;/h1-4H,8H2;2*1H. The van der Waals surface area contributed by atoms with E-state index in [1.165, 1.54) is 0 Å². The van der Waals surface area contributed by atoms with Crippen molar-refractivity contribution in [3.63, 3.8) is 0 Å². The first-order valence-electron chi connectivity index (χ1n) is 2.95. The summed E-state index contributed by atoms with van der Waals surface area (Å²) in [6.45, 7) is 0. The second-order valence-electron chi connectivity index (χ2n) is 2.07. The molecule has 0 spiro atoms. The first kappa shape index (κ1) is 11.5. The molecule has 0 aromatic carbocycles. The van der Waals surface area contributed by atoms with Crippen molar-refractivity contribution in [2.45, 2.75) is 0 Å². The summed E-state index contributed by atoms with van der Waals surface area (Å²) < 4.78 is 1.15. The molecule has 0 saturated heterocycles. The molecule has 0 saturated carbocycles. The van der Waals surface area contributed by atoms with E-state index in [4.69, 9.17) is 5.73 Å². The Kier molecular flexibility index (Phi) is 4.31. The summed E-state index contributed by atoms with van der Waals surface area (Å²) in [5.41, 5.74) is 7.29. The molecule has 2 N–H and O–H groups in total. The van der Waals surface area contributed by atoms with E-state index in [9.17, 15) is 0 Å². The van der Waals surface area contributed by atoms with Crippen LogP contribution in [-0.4, -0.2) is 4.98 Å². The highest BCUT2D eigenvalue weighted by Gasteiger charge is 1.93. The minimum absolute atomic E-state index is 0. The minimum Gasteiger partial charge on any atom is -0.397 e. The van der Waals surface area contributed by atoms with Gasteiger partial charge in [0.1, 0.15) is 0 Å². The molecular formula is C7H8Cl2N2S. The Morgan fingerprint density at radius 1 is 1.33 bits per heavy atom. The fraction of sp³-hybridized carbons (Fsp3) is 0. The van der Waals surface area contributed by atoms with Gasteiger partial charge in [-0.1, -0.05) is 0 Å². The lowest BCUT2D eigenvalue weighted by Crippen LogP contribution is -1.83. The Labute approximate surface area is 86.6 Å². The number of halogens is 2. The fourth-order valence-corrected chi connectivity index (χ4v) is 1.65. The van der Waals surface area contributed by atoms with Crippen LogP contribution in [0, 0.1) is 0 Å². The average molecular weight is 223 g/mol. The van der Waals surface area contributed by atoms with Gasteiger partial charge < -0.3 is 5.73 Å². The van der Waals surface area contributed by atoms with Crippen molar-refractivity contribution in [1.29, 1.82) is 0 Å². The fourth-order valence-electron chi connectivity index (χ4n) is 0.862. The lowest BCUT2D eigenvalue weighted by atomic mass is 10.4. The summed E-state index contributed by atoms with van der Waals surface area (Å²) in [6, 6.07) is 3.92. The van der Waals surface area contributed by atoms with Crippen LogP contribution in [-0.2, 0) is 0 Å². The summed E-state index contributed by atoms with van der Waals surface area (Å²) in [5, 5.41) is 2.01. The molecular weight excluding hydrogens is 215 g/mol. The number of thiophene rings is 1. The monoisotopic (exact) mass is 222 g/mol. The number of nitrogens with two attached hydrogens (primary N) is 1. The number of pyridine rings is 1. The van der Waals surface area contributed by atoms with Gasteiger partial charge in [0.05, 0.1) is 22.1 Å². The zero-order chi connectivity index (χ0) is 6.97. The lowest BCUT2D eigenvalue weighted by Gasteiger charge is -1.89. The van der Waals surface area contributed by atoms with Crippen molar-refractivity contribution in [2.75, 3.05) is 5.73 Å². The maximum Gasteiger partial charge on any atom is 0.0811 e. The van der Waals surface area contributed by atoms with E-state index in [-0.39, 0.29) is 24.8 Å². The van der Waals surface area contributed by atoms with Gasteiger partial charge in [0.15, 0.2) is 0 Å². The van der Waals surface area contributed by atoms with Gasteiger partial charge in [-0.25, -0.2) is 0 Å². The maximum atomic E-state index is 5.53. The summed E-state index contributed by atoms with van der Waals surface area (Å²) in [5.74, 6) is 0. The number of rotatable bonds is 0. The second-order valence-corrected chi connectivity index (χ2v) is 3.02. The number of nitrogen functional groups attached to an aromatic ring is 1. The summed E-state index contributed by atoms with van der Waals surface area (Å²) in [7, 11) is 0. The molecule has 2 aromatic heterocycles. The number of hydrogen-bond acceptors (Lipinski definition) is 3. The normalized spacial score (nSPS) is 8.67. The van der Waals surface area contributed by atoms with Gasteiger partial charge in [-0.2, -0.15) is 0 Å². The molecule has 2 heterocycles.